The lowest BCUT2D eigenvalue weighted by atomic mass is 10.1. The summed E-state index contributed by atoms with van der Waals surface area (Å²) in [5, 5.41) is 3.21. The van der Waals surface area contributed by atoms with Gasteiger partial charge < -0.3 is 15.0 Å². The first kappa shape index (κ1) is 14.3. The highest BCUT2D eigenvalue weighted by Gasteiger charge is 2.28. The molecule has 0 saturated carbocycles. The summed E-state index contributed by atoms with van der Waals surface area (Å²) in [6.45, 7) is 6.03. The molecule has 1 aromatic rings. The number of pyridine rings is 1. The topological polar surface area (TPSA) is 37.4 Å². The van der Waals surface area contributed by atoms with E-state index in [1.807, 2.05) is 7.05 Å². The van der Waals surface area contributed by atoms with Crippen molar-refractivity contribution < 1.29 is 4.74 Å². The molecule has 19 heavy (non-hydrogen) atoms. The van der Waals surface area contributed by atoms with Crippen molar-refractivity contribution in [2.75, 3.05) is 25.6 Å². The summed E-state index contributed by atoms with van der Waals surface area (Å²) in [5.74, 6) is 1.06. The van der Waals surface area contributed by atoms with Crippen LogP contribution in [0.1, 0.15) is 31.5 Å². The van der Waals surface area contributed by atoms with Crippen molar-refractivity contribution in [1.29, 1.82) is 0 Å². The van der Waals surface area contributed by atoms with E-state index in [1.54, 1.807) is 0 Å². The van der Waals surface area contributed by atoms with E-state index in [-0.39, 0.29) is 6.10 Å². The van der Waals surface area contributed by atoms with Gasteiger partial charge in [0, 0.05) is 25.9 Å². The molecule has 1 aromatic heterocycles. The Kier molecular flexibility index (Phi) is 4.77. The van der Waals surface area contributed by atoms with Gasteiger partial charge in [-0.2, -0.15) is 0 Å². The fourth-order valence-corrected chi connectivity index (χ4v) is 2.70. The average Bonchev–Trinajstić information content (AvgIpc) is 2.84. The minimum Gasteiger partial charge on any atom is -0.376 e. The van der Waals surface area contributed by atoms with Crippen molar-refractivity contribution in [2.45, 2.75) is 45.4 Å². The lowest BCUT2D eigenvalue weighted by Crippen LogP contribution is -2.37. The Morgan fingerprint density at radius 2 is 2.26 bits per heavy atom. The minimum absolute atomic E-state index is 0.282. The number of nitrogens with one attached hydrogen (secondary N) is 1. The second kappa shape index (κ2) is 6.35. The summed E-state index contributed by atoms with van der Waals surface area (Å²) in [7, 11) is 4.10. The Hall–Kier alpha value is -1.13. The monoisotopic (exact) mass is 263 g/mol. The van der Waals surface area contributed by atoms with E-state index in [0.717, 1.165) is 37.5 Å². The number of aromatic nitrogens is 1. The van der Waals surface area contributed by atoms with Crippen LogP contribution >= 0.6 is 0 Å². The van der Waals surface area contributed by atoms with Gasteiger partial charge in [-0.15, -0.1) is 0 Å². The lowest BCUT2D eigenvalue weighted by molar-refractivity contribution is 0.118. The van der Waals surface area contributed by atoms with Gasteiger partial charge in [0.1, 0.15) is 5.82 Å². The van der Waals surface area contributed by atoms with Gasteiger partial charge in [-0.05, 0) is 44.5 Å². The van der Waals surface area contributed by atoms with Crippen LogP contribution in [-0.4, -0.2) is 37.8 Å². The maximum atomic E-state index is 5.66. The highest BCUT2D eigenvalue weighted by atomic mass is 16.5. The van der Waals surface area contributed by atoms with Crippen molar-refractivity contribution in [1.82, 2.24) is 10.3 Å². The van der Waals surface area contributed by atoms with Crippen molar-refractivity contribution in [2.24, 2.45) is 0 Å². The third-order valence-corrected chi connectivity index (χ3v) is 3.86. The molecule has 0 aromatic carbocycles. The zero-order valence-electron chi connectivity index (χ0n) is 12.4. The van der Waals surface area contributed by atoms with Gasteiger partial charge in [0.2, 0.25) is 0 Å². The molecule has 2 unspecified atom stereocenters. The van der Waals surface area contributed by atoms with E-state index in [4.69, 9.17) is 9.72 Å². The minimum atomic E-state index is 0.282. The van der Waals surface area contributed by atoms with Crippen LogP contribution in [-0.2, 0) is 17.7 Å². The average molecular weight is 263 g/mol. The number of nitrogens with zero attached hydrogens (tertiary/aromatic N) is 2. The van der Waals surface area contributed by atoms with Crippen molar-refractivity contribution in [3.8, 4) is 0 Å². The molecule has 0 spiro atoms. The van der Waals surface area contributed by atoms with Crippen molar-refractivity contribution >= 4 is 5.82 Å². The van der Waals surface area contributed by atoms with E-state index < -0.39 is 0 Å². The Bertz CT molecular complexity index is 422. The molecular formula is C15H25N3O. The number of hydrogen-bond donors (Lipinski definition) is 1. The molecule has 1 aliphatic heterocycles. The fourth-order valence-electron chi connectivity index (χ4n) is 2.70. The number of hydrogen-bond acceptors (Lipinski definition) is 4. The Morgan fingerprint density at radius 1 is 1.47 bits per heavy atom. The second-order valence-electron chi connectivity index (χ2n) is 5.25. The molecule has 0 aliphatic carbocycles. The van der Waals surface area contributed by atoms with Crippen LogP contribution in [0, 0.1) is 0 Å². The normalized spacial score (nSPS) is 22.7. The van der Waals surface area contributed by atoms with Crippen LogP contribution in [0.4, 0.5) is 5.82 Å². The van der Waals surface area contributed by atoms with Gasteiger partial charge in [-0.25, -0.2) is 4.98 Å². The first-order valence-corrected chi connectivity index (χ1v) is 7.14. The Labute approximate surface area is 116 Å². The first-order chi connectivity index (χ1) is 9.15. The van der Waals surface area contributed by atoms with E-state index in [9.17, 15) is 0 Å². The summed E-state index contributed by atoms with van der Waals surface area (Å²) < 4.78 is 5.66. The molecule has 106 valence electrons. The van der Waals surface area contributed by atoms with Gasteiger partial charge in [-0.1, -0.05) is 6.92 Å². The molecule has 2 rings (SSSR count). The molecule has 4 heteroatoms. The molecule has 1 N–H and O–H groups in total. The first-order valence-electron chi connectivity index (χ1n) is 7.14. The standard InChI is InChI=1S/C15H25N3O/c1-5-13-8-12(10-16-3)9-15(17-13)18(4)14-6-7-19-11(14)2/h8-9,11,14,16H,5-7,10H2,1-4H3. The molecular weight excluding hydrogens is 238 g/mol. The van der Waals surface area contributed by atoms with Crippen LogP contribution in [0.25, 0.3) is 0 Å². The number of aryl methyl sites for hydroxylation is 1. The van der Waals surface area contributed by atoms with Gasteiger partial charge in [-0.3, -0.25) is 0 Å². The number of ether oxygens (including phenoxy) is 1. The zero-order valence-corrected chi connectivity index (χ0v) is 12.4. The third kappa shape index (κ3) is 3.25. The quantitative estimate of drug-likeness (QED) is 0.881. The predicted molar refractivity (Wildman–Crippen MR) is 78.6 cm³/mol. The maximum Gasteiger partial charge on any atom is 0.129 e. The van der Waals surface area contributed by atoms with E-state index in [1.165, 1.54) is 5.56 Å². The SMILES string of the molecule is CCc1cc(CNC)cc(N(C)C2CCOC2C)n1. The van der Waals surface area contributed by atoms with Crippen molar-refractivity contribution in [3.63, 3.8) is 0 Å². The maximum absolute atomic E-state index is 5.66. The van der Waals surface area contributed by atoms with Gasteiger partial charge >= 0.3 is 0 Å². The summed E-state index contributed by atoms with van der Waals surface area (Å²) in [4.78, 5) is 7.03. The summed E-state index contributed by atoms with van der Waals surface area (Å²) in [6, 6.07) is 4.80. The largest absolute Gasteiger partial charge is 0.376 e. The molecule has 0 bridgehead atoms. The Balaban J connectivity index is 2.24. The van der Waals surface area contributed by atoms with Crippen LogP contribution in [0.2, 0.25) is 0 Å². The molecule has 2 heterocycles. The third-order valence-electron chi connectivity index (χ3n) is 3.86. The van der Waals surface area contributed by atoms with E-state index in [2.05, 4.69) is 43.2 Å². The second-order valence-corrected chi connectivity index (χ2v) is 5.25. The number of likely N-dealkylation sites (N-methyl/N-ethyl adjacent to an activating group) is 1. The molecule has 1 saturated heterocycles. The highest BCUT2D eigenvalue weighted by molar-refractivity contribution is 5.43. The smallest absolute Gasteiger partial charge is 0.129 e. The van der Waals surface area contributed by atoms with E-state index >= 15 is 0 Å². The van der Waals surface area contributed by atoms with Gasteiger partial charge in [0.15, 0.2) is 0 Å². The van der Waals surface area contributed by atoms with Crippen LogP contribution in [0.5, 0.6) is 0 Å². The van der Waals surface area contributed by atoms with Crippen LogP contribution < -0.4 is 10.2 Å². The summed E-state index contributed by atoms with van der Waals surface area (Å²) in [5.41, 5.74) is 2.45. The van der Waals surface area contributed by atoms with Crippen LogP contribution in [0.15, 0.2) is 12.1 Å². The van der Waals surface area contributed by atoms with E-state index in [0.29, 0.717) is 6.04 Å². The van der Waals surface area contributed by atoms with Gasteiger partial charge in [0.25, 0.3) is 0 Å². The van der Waals surface area contributed by atoms with Crippen molar-refractivity contribution in [3.05, 3.63) is 23.4 Å². The molecule has 2 atom stereocenters. The molecule has 1 fully saturated rings. The number of rotatable bonds is 5. The zero-order chi connectivity index (χ0) is 13.8. The lowest BCUT2D eigenvalue weighted by Gasteiger charge is -2.28. The molecule has 1 aliphatic rings. The molecule has 0 amide bonds. The molecule has 0 radical (unpaired) electrons. The highest BCUT2D eigenvalue weighted by Crippen LogP contribution is 2.24. The number of anilines is 1. The van der Waals surface area contributed by atoms with Gasteiger partial charge in [0.05, 0.1) is 12.1 Å². The predicted octanol–water partition coefficient (Wildman–Crippen LogP) is 1.98. The van der Waals surface area contributed by atoms with Crippen LogP contribution in [0.3, 0.4) is 0 Å². The summed E-state index contributed by atoms with van der Waals surface area (Å²) in [6.07, 6.45) is 2.33. The Morgan fingerprint density at radius 3 is 2.84 bits per heavy atom. The summed E-state index contributed by atoms with van der Waals surface area (Å²) >= 11 is 0. The molecule has 4 nitrogen and oxygen atoms in total. The fraction of sp³-hybridized carbons (Fsp3) is 0.667.